The van der Waals surface area contributed by atoms with E-state index in [0.29, 0.717) is 26.3 Å². The minimum Gasteiger partial charge on any atom is -0.493 e. The van der Waals surface area contributed by atoms with Gasteiger partial charge in [0.05, 0.1) is 15.6 Å². The number of nitrogens with zero attached hydrogens (tertiary/aromatic N) is 1. The summed E-state index contributed by atoms with van der Waals surface area (Å²) in [6.45, 7) is 1.23. The molecule has 1 fully saturated rings. The van der Waals surface area contributed by atoms with Crippen LogP contribution in [0.2, 0.25) is 0 Å². The molecule has 4 amide bonds. The van der Waals surface area contributed by atoms with Gasteiger partial charge in [-0.05, 0) is 82.7 Å². The summed E-state index contributed by atoms with van der Waals surface area (Å²) < 4.78 is 11.7. The van der Waals surface area contributed by atoms with Crippen molar-refractivity contribution < 1.29 is 28.7 Å². The number of methoxy groups -OCH3 is 1. The van der Waals surface area contributed by atoms with Gasteiger partial charge in [0.25, 0.3) is 17.1 Å². The third-order valence-corrected chi connectivity index (χ3v) is 6.10. The lowest BCUT2D eigenvalue weighted by atomic mass is 10.2. The number of benzene rings is 2. The third kappa shape index (κ3) is 6.26. The molecular weight excluding hydrogens is 561 g/mol. The number of hydrogen-bond donors (Lipinski definition) is 2. The maximum atomic E-state index is 12.4. The van der Waals surface area contributed by atoms with E-state index in [0.717, 1.165) is 22.2 Å². The second kappa shape index (κ2) is 10.7. The lowest BCUT2D eigenvalue weighted by Crippen LogP contribution is -2.36. The van der Waals surface area contributed by atoms with Crippen LogP contribution in [0, 0.1) is 10.5 Å². The number of primary amides is 1. The molecule has 0 spiro atoms. The summed E-state index contributed by atoms with van der Waals surface area (Å²) in [5.74, 6) is -0.969. The quantitative estimate of drug-likeness (QED) is 0.362. The average Bonchev–Trinajstić information content (AvgIpc) is 2.99. The minimum absolute atomic E-state index is 0.158. The fourth-order valence-electron chi connectivity index (χ4n) is 2.96. The molecule has 0 radical (unpaired) electrons. The average molecular weight is 581 g/mol. The molecule has 1 saturated heterocycles. The van der Waals surface area contributed by atoms with E-state index in [1.807, 2.05) is 47.7 Å². The van der Waals surface area contributed by atoms with Crippen LogP contribution in [0.1, 0.15) is 11.1 Å². The number of hydrogen-bond acceptors (Lipinski definition) is 7. The summed E-state index contributed by atoms with van der Waals surface area (Å²) in [6, 6.07) is 10.8. The first-order chi connectivity index (χ1) is 15.7. The van der Waals surface area contributed by atoms with Crippen molar-refractivity contribution in [3.8, 4) is 11.5 Å². The van der Waals surface area contributed by atoms with Crippen LogP contribution in [0.5, 0.6) is 11.5 Å². The van der Waals surface area contributed by atoms with E-state index in [2.05, 4.69) is 5.32 Å². The fourth-order valence-corrected chi connectivity index (χ4v) is 4.58. The summed E-state index contributed by atoms with van der Waals surface area (Å²) in [5, 5.41) is 2.21. The van der Waals surface area contributed by atoms with E-state index in [4.69, 9.17) is 15.2 Å². The number of nitrogens with two attached hydrogens (primary N) is 1. The van der Waals surface area contributed by atoms with Crippen LogP contribution in [-0.4, -0.2) is 48.1 Å². The monoisotopic (exact) mass is 581 g/mol. The molecule has 11 heteroatoms. The van der Waals surface area contributed by atoms with Crippen molar-refractivity contribution in [1.29, 1.82) is 0 Å². The Bertz CT molecular complexity index is 1170. The fraction of sp³-hybridized carbons (Fsp3) is 0.182. The predicted molar refractivity (Wildman–Crippen MR) is 133 cm³/mol. The molecule has 2 aromatic rings. The highest BCUT2D eigenvalue weighted by molar-refractivity contribution is 14.1. The van der Waals surface area contributed by atoms with Crippen molar-refractivity contribution in [2.75, 3.05) is 25.6 Å². The van der Waals surface area contributed by atoms with Crippen molar-refractivity contribution in [1.82, 2.24) is 4.90 Å². The first-order valence-corrected chi connectivity index (χ1v) is 11.5. The first kappa shape index (κ1) is 24.6. The van der Waals surface area contributed by atoms with E-state index in [9.17, 15) is 19.2 Å². The summed E-state index contributed by atoms with van der Waals surface area (Å²) >= 11 is 2.75. The standard InChI is InChI=1S/C22H20IN3O6S/c1-12-4-3-5-14(6-12)25-19(28)11-32-20-15(23)7-13(8-16(20)31-2)9-17-21(29)26(10-18(24)27)22(30)33-17/h3-9H,10-11H2,1-2H3,(H2,24,27)(H,25,28)/b17-9-. The Labute approximate surface area is 207 Å². The van der Waals surface area contributed by atoms with Gasteiger partial charge in [-0.15, -0.1) is 0 Å². The zero-order valence-electron chi connectivity index (χ0n) is 17.7. The van der Waals surface area contributed by atoms with Gasteiger partial charge < -0.3 is 20.5 Å². The number of amides is 4. The summed E-state index contributed by atoms with van der Waals surface area (Å²) in [5.41, 5.74) is 7.37. The Hall–Kier alpha value is -3.06. The Morgan fingerprint density at radius 1 is 1.24 bits per heavy atom. The molecule has 33 heavy (non-hydrogen) atoms. The van der Waals surface area contributed by atoms with Gasteiger partial charge in [0.2, 0.25) is 5.91 Å². The van der Waals surface area contributed by atoms with Gasteiger partial charge in [-0.2, -0.15) is 0 Å². The molecule has 0 bridgehead atoms. The molecule has 0 aliphatic carbocycles. The van der Waals surface area contributed by atoms with Gasteiger partial charge in [0.1, 0.15) is 6.54 Å². The lowest BCUT2D eigenvalue weighted by molar-refractivity contribution is -0.127. The largest absolute Gasteiger partial charge is 0.493 e. The summed E-state index contributed by atoms with van der Waals surface area (Å²) in [6.07, 6.45) is 1.52. The third-order valence-electron chi connectivity index (χ3n) is 4.39. The van der Waals surface area contributed by atoms with Gasteiger partial charge in [-0.1, -0.05) is 12.1 Å². The normalized spacial score (nSPS) is 14.5. The predicted octanol–water partition coefficient (Wildman–Crippen LogP) is 3.15. The van der Waals surface area contributed by atoms with Crippen molar-refractivity contribution in [2.45, 2.75) is 6.92 Å². The molecule has 0 atom stereocenters. The second-order valence-electron chi connectivity index (χ2n) is 6.97. The number of carbonyl (C=O) groups is 4. The van der Waals surface area contributed by atoms with E-state index < -0.39 is 23.6 Å². The molecule has 2 aromatic carbocycles. The van der Waals surface area contributed by atoms with Crippen LogP contribution < -0.4 is 20.5 Å². The highest BCUT2D eigenvalue weighted by Gasteiger charge is 2.35. The molecule has 1 aliphatic heterocycles. The summed E-state index contributed by atoms with van der Waals surface area (Å²) in [7, 11) is 1.45. The molecule has 3 rings (SSSR count). The van der Waals surface area contributed by atoms with E-state index in [1.165, 1.54) is 13.2 Å². The van der Waals surface area contributed by atoms with Crippen LogP contribution in [0.25, 0.3) is 6.08 Å². The number of aryl methyl sites for hydroxylation is 1. The number of carbonyl (C=O) groups excluding carboxylic acids is 4. The number of rotatable bonds is 8. The minimum atomic E-state index is -0.775. The van der Waals surface area contributed by atoms with Crippen molar-refractivity contribution in [3.63, 3.8) is 0 Å². The number of ether oxygens (including phenoxy) is 2. The lowest BCUT2D eigenvalue weighted by Gasteiger charge is -2.14. The zero-order valence-corrected chi connectivity index (χ0v) is 20.7. The van der Waals surface area contributed by atoms with E-state index >= 15 is 0 Å². The topological polar surface area (TPSA) is 128 Å². The van der Waals surface area contributed by atoms with E-state index in [1.54, 1.807) is 18.2 Å². The van der Waals surface area contributed by atoms with Crippen LogP contribution >= 0.6 is 34.4 Å². The highest BCUT2D eigenvalue weighted by Crippen LogP contribution is 2.37. The van der Waals surface area contributed by atoms with Gasteiger partial charge in [0.15, 0.2) is 18.1 Å². The SMILES string of the molecule is COc1cc(/C=C2\SC(=O)N(CC(N)=O)C2=O)cc(I)c1OCC(=O)Nc1cccc(C)c1. The Morgan fingerprint density at radius 2 is 2.00 bits per heavy atom. The number of anilines is 1. The van der Waals surface area contributed by atoms with Crippen LogP contribution in [0.4, 0.5) is 10.5 Å². The zero-order chi connectivity index (χ0) is 24.1. The van der Waals surface area contributed by atoms with Crippen LogP contribution in [0.3, 0.4) is 0 Å². The number of halogens is 1. The van der Waals surface area contributed by atoms with Gasteiger partial charge in [0, 0.05) is 5.69 Å². The molecule has 1 aliphatic rings. The van der Waals surface area contributed by atoms with Crippen molar-refractivity contribution in [2.24, 2.45) is 5.73 Å². The van der Waals surface area contributed by atoms with Gasteiger partial charge >= 0.3 is 0 Å². The molecule has 9 nitrogen and oxygen atoms in total. The number of thioether (sulfide) groups is 1. The van der Waals surface area contributed by atoms with E-state index in [-0.39, 0.29) is 17.4 Å². The van der Waals surface area contributed by atoms with Crippen molar-refractivity contribution in [3.05, 3.63) is 56.0 Å². The van der Waals surface area contributed by atoms with Crippen LogP contribution in [-0.2, 0) is 14.4 Å². The van der Waals surface area contributed by atoms with Crippen LogP contribution in [0.15, 0.2) is 41.3 Å². The number of imide groups is 1. The smallest absolute Gasteiger partial charge is 0.294 e. The Kier molecular flexibility index (Phi) is 7.97. The molecule has 1 heterocycles. The maximum absolute atomic E-state index is 12.4. The molecule has 0 unspecified atom stereocenters. The molecular formula is C22H20IN3O6S. The van der Waals surface area contributed by atoms with Crippen molar-refractivity contribution >= 4 is 69.1 Å². The highest BCUT2D eigenvalue weighted by atomic mass is 127. The maximum Gasteiger partial charge on any atom is 0.294 e. The summed E-state index contributed by atoms with van der Waals surface area (Å²) in [4.78, 5) is 48.7. The Balaban J connectivity index is 1.74. The number of nitrogens with one attached hydrogen (secondary N) is 1. The Morgan fingerprint density at radius 3 is 2.67 bits per heavy atom. The second-order valence-corrected chi connectivity index (χ2v) is 9.13. The molecule has 0 saturated carbocycles. The first-order valence-electron chi connectivity index (χ1n) is 9.58. The molecule has 3 N–H and O–H groups in total. The molecule has 172 valence electrons. The van der Waals surface area contributed by atoms with Gasteiger partial charge in [-0.3, -0.25) is 24.1 Å². The molecule has 0 aromatic heterocycles. The van der Waals surface area contributed by atoms with Gasteiger partial charge in [-0.25, -0.2) is 0 Å².